The molecule has 1 rings (SSSR count). The number of rotatable bonds is 0. The van der Waals surface area contributed by atoms with Crippen LogP contribution in [0.15, 0.2) is 0 Å². The quantitative estimate of drug-likeness (QED) is 0.552. The van der Waals surface area contributed by atoms with Gasteiger partial charge in [-0.25, -0.2) is 4.68 Å². The van der Waals surface area contributed by atoms with Gasteiger partial charge in [0.1, 0.15) is 0 Å². The number of nitrogens with zero attached hydrogens (tertiary/aromatic N) is 4. The maximum atomic E-state index is 5.45. The maximum Gasteiger partial charge on any atom is 0.240 e. The Hall–Kier alpha value is -1.13. The first kappa shape index (κ1) is 6.98. The molecule has 0 atom stereocenters. The van der Waals surface area contributed by atoms with Crippen molar-refractivity contribution in [3.63, 3.8) is 0 Å². The third-order valence-electron chi connectivity index (χ3n) is 1.13. The van der Waals surface area contributed by atoms with Crippen molar-refractivity contribution >= 4 is 5.95 Å². The van der Waals surface area contributed by atoms with Gasteiger partial charge in [-0.1, -0.05) is 5.10 Å². The minimum atomic E-state index is -0.131. The fraction of sp³-hybridized carbons (Fsp3) is 0.800. The molecule has 1 aromatic heterocycles. The highest BCUT2D eigenvalue weighted by Gasteiger charge is 2.17. The van der Waals surface area contributed by atoms with Gasteiger partial charge in [-0.15, -0.1) is 0 Å². The Labute approximate surface area is 59.2 Å². The van der Waals surface area contributed by atoms with E-state index in [9.17, 15) is 0 Å². The number of aromatic nitrogens is 4. The molecule has 10 heavy (non-hydrogen) atoms. The van der Waals surface area contributed by atoms with Crippen LogP contribution in [0.5, 0.6) is 0 Å². The molecule has 5 heteroatoms. The van der Waals surface area contributed by atoms with Gasteiger partial charge in [0.2, 0.25) is 5.95 Å². The molecular weight excluding hydrogens is 130 g/mol. The van der Waals surface area contributed by atoms with Gasteiger partial charge < -0.3 is 5.73 Å². The highest BCUT2D eigenvalue weighted by molar-refractivity contribution is 5.12. The summed E-state index contributed by atoms with van der Waals surface area (Å²) in [7, 11) is 0. The number of nitrogen functional groups attached to an aromatic ring is 1. The Bertz CT molecular complexity index is 220. The van der Waals surface area contributed by atoms with Gasteiger partial charge in [0, 0.05) is 0 Å². The van der Waals surface area contributed by atoms with Crippen molar-refractivity contribution in [3.05, 3.63) is 0 Å². The summed E-state index contributed by atoms with van der Waals surface area (Å²) >= 11 is 0. The van der Waals surface area contributed by atoms with Gasteiger partial charge >= 0.3 is 0 Å². The van der Waals surface area contributed by atoms with Crippen LogP contribution in [-0.4, -0.2) is 20.2 Å². The molecule has 0 fully saturated rings. The minimum Gasteiger partial charge on any atom is -0.367 e. The molecule has 1 aromatic rings. The van der Waals surface area contributed by atoms with Gasteiger partial charge in [0.05, 0.1) is 5.54 Å². The number of hydrogen-bond acceptors (Lipinski definition) is 4. The lowest BCUT2D eigenvalue weighted by Gasteiger charge is -2.17. The summed E-state index contributed by atoms with van der Waals surface area (Å²) in [5.41, 5.74) is 5.32. The van der Waals surface area contributed by atoms with Crippen molar-refractivity contribution < 1.29 is 0 Å². The molecule has 0 spiro atoms. The largest absolute Gasteiger partial charge is 0.367 e. The van der Waals surface area contributed by atoms with Gasteiger partial charge in [-0.05, 0) is 31.2 Å². The number of tetrazole rings is 1. The summed E-state index contributed by atoms with van der Waals surface area (Å²) in [5.74, 6) is 0.354. The van der Waals surface area contributed by atoms with Gasteiger partial charge in [0.25, 0.3) is 0 Å². The molecule has 1 heterocycles. The number of hydrogen-bond donors (Lipinski definition) is 1. The molecule has 0 aliphatic heterocycles. The standard InChI is InChI=1S/C5H11N5/c1-5(2,3)10-4(6)7-8-9-10/h1-3H3,(H2,6,7,9). The van der Waals surface area contributed by atoms with E-state index in [4.69, 9.17) is 5.73 Å². The average Bonchev–Trinajstić information content (AvgIpc) is 2.11. The lowest BCUT2D eigenvalue weighted by molar-refractivity contribution is 0.352. The normalized spacial score (nSPS) is 11.9. The number of nitrogens with two attached hydrogens (primary N) is 1. The lowest BCUT2D eigenvalue weighted by Crippen LogP contribution is -2.24. The van der Waals surface area contributed by atoms with Crippen LogP contribution in [0.1, 0.15) is 20.8 Å². The van der Waals surface area contributed by atoms with Crippen LogP contribution in [0, 0.1) is 0 Å². The molecular formula is C5H11N5. The summed E-state index contributed by atoms with van der Waals surface area (Å²) in [6, 6.07) is 0. The molecule has 0 aliphatic rings. The Morgan fingerprint density at radius 2 is 2.00 bits per heavy atom. The van der Waals surface area contributed by atoms with Crippen LogP contribution < -0.4 is 5.73 Å². The summed E-state index contributed by atoms with van der Waals surface area (Å²) in [5, 5.41) is 10.7. The second kappa shape index (κ2) is 1.93. The van der Waals surface area contributed by atoms with Gasteiger partial charge in [0.15, 0.2) is 0 Å². The monoisotopic (exact) mass is 141 g/mol. The molecule has 0 saturated heterocycles. The third-order valence-corrected chi connectivity index (χ3v) is 1.13. The van der Waals surface area contributed by atoms with E-state index in [1.807, 2.05) is 20.8 Å². The predicted molar refractivity (Wildman–Crippen MR) is 37.2 cm³/mol. The maximum absolute atomic E-state index is 5.45. The minimum absolute atomic E-state index is 0.131. The molecule has 0 aromatic carbocycles. The molecule has 0 unspecified atom stereocenters. The second-order valence-electron chi connectivity index (χ2n) is 3.12. The van der Waals surface area contributed by atoms with Crippen molar-refractivity contribution in [2.45, 2.75) is 26.3 Å². The van der Waals surface area contributed by atoms with Crippen molar-refractivity contribution in [1.82, 2.24) is 20.2 Å². The zero-order valence-electron chi connectivity index (χ0n) is 6.37. The molecule has 0 bridgehead atoms. The summed E-state index contributed by atoms with van der Waals surface area (Å²) < 4.78 is 1.58. The van der Waals surface area contributed by atoms with Crippen LogP contribution >= 0.6 is 0 Å². The highest BCUT2D eigenvalue weighted by atomic mass is 15.6. The van der Waals surface area contributed by atoms with Crippen LogP contribution in [0.25, 0.3) is 0 Å². The van der Waals surface area contributed by atoms with Crippen molar-refractivity contribution in [1.29, 1.82) is 0 Å². The fourth-order valence-electron chi connectivity index (χ4n) is 0.672. The summed E-state index contributed by atoms with van der Waals surface area (Å²) in [6.07, 6.45) is 0. The van der Waals surface area contributed by atoms with E-state index < -0.39 is 0 Å². The zero-order chi connectivity index (χ0) is 7.78. The summed E-state index contributed by atoms with van der Waals surface area (Å²) in [4.78, 5) is 0. The Morgan fingerprint density at radius 1 is 1.40 bits per heavy atom. The van der Waals surface area contributed by atoms with E-state index >= 15 is 0 Å². The molecule has 5 nitrogen and oxygen atoms in total. The molecule has 56 valence electrons. The van der Waals surface area contributed by atoms with Crippen LogP contribution in [0.2, 0.25) is 0 Å². The highest BCUT2D eigenvalue weighted by Crippen LogP contribution is 2.13. The molecule has 2 N–H and O–H groups in total. The van der Waals surface area contributed by atoms with Crippen molar-refractivity contribution in [2.24, 2.45) is 0 Å². The first-order valence-electron chi connectivity index (χ1n) is 3.06. The Morgan fingerprint density at radius 3 is 2.20 bits per heavy atom. The first-order valence-corrected chi connectivity index (χ1v) is 3.06. The van der Waals surface area contributed by atoms with Gasteiger partial charge in [-0.2, -0.15) is 0 Å². The SMILES string of the molecule is CC(C)(C)n1nnnc1N. The average molecular weight is 141 g/mol. The molecule has 0 saturated carbocycles. The third kappa shape index (κ3) is 1.07. The molecule has 0 aliphatic carbocycles. The van der Waals surface area contributed by atoms with E-state index in [1.54, 1.807) is 4.68 Å². The van der Waals surface area contributed by atoms with Crippen LogP contribution in [0.3, 0.4) is 0 Å². The second-order valence-corrected chi connectivity index (χ2v) is 3.12. The molecule has 0 amide bonds. The lowest BCUT2D eigenvalue weighted by atomic mass is 10.1. The Kier molecular flexibility index (Phi) is 1.35. The van der Waals surface area contributed by atoms with E-state index in [-0.39, 0.29) is 5.54 Å². The number of anilines is 1. The zero-order valence-corrected chi connectivity index (χ0v) is 6.37. The topological polar surface area (TPSA) is 69.6 Å². The van der Waals surface area contributed by atoms with Crippen LogP contribution in [-0.2, 0) is 5.54 Å². The van der Waals surface area contributed by atoms with Crippen molar-refractivity contribution in [2.75, 3.05) is 5.73 Å². The molecule has 0 radical (unpaired) electrons. The van der Waals surface area contributed by atoms with E-state index in [0.717, 1.165) is 0 Å². The smallest absolute Gasteiger partial charge is 0.240 e. The fourth-order valence-corrected chi connectivity index (χ4v) is 0.672. The van der Waals surface area contributed by atoms with Crippen LogP contribution in [0.4, 0.5) is 5.95 Å². The van der Waals surface area contributed by atoms with Gasteiger partial charge in [-0.3, -0.25) is 0 Å². The predicted octanol–water partition coefficient (Wildman–Crippen LogP) is 0.0103. The van der Waals surface area contributed by atoms with Crippen molar-refractivity contribution in [3.8, 4) is 0 Å². The van der Waals surface area contributed by atoms with E-state index in [0.29, 0.717) is 5.95 Å². The van der Waals surface area contributed by atoms with E-state index in [2.05, 4.69) is 15.5 Å². The van der Waals surface area contributed by atoms with E-state index in [1.165, 1.54) is 0 Å². The summed E-state index contributed by atoms with van der Waals surface area (Å²) in [6.45, 7) is 5.96. The first-order chi connectivity index (χ1) is 4.52. The Balaban J connectivity index is 3.05.